The fourth-order valence-corrected chi connectivity index (χ4v) is 2.80. The summed E-state index contributed by atoms with van der Waals surface area (Å²) in [6.45, 7) is 9.17. The molecule has 1 atom stereocenters. The van der Waals surface area contributed by atoms with Crippen molar-refractivity contribution in [2.75, 3.05) is 18.4 Å². The average molecular weight is 346 g/mol. The maximum atomic E-state index is 12.4. The van der Waals surface area contributed by atoms with Crippen molar-refractivity contribution in [1.29, 1.82) is 0 Å². The Bertz CT molecular complexity index is 599. The molecule has 0 unspecified atom stereocenters. The van der Waals surface area contributed by atoms with Crippen LogP contribution in [0.15, 0.2) is 24.3 Å². The van der Waals surface area contributed by atoms with Crippen molar-refractivity contribution in [3.05, 3.63) is 29.8 Å². The Balaban J connectivity index is 1.79. The number of amides is 3. The molecule has 1 fully saturated rings. The highest BCUT2D eigenvalue weighted by Gasteiger charge is 2.33. The highest BCUT2D eigenvalue weighted by molar-refractivity contribution is 5.89. The topological polar surface area (TPSA) is 87.5 Å². The van der Waals surface area contributed by atoms with Crippen LogP contribution in [0.3, 0.4) is 0 Å². The summed E-state index contributed by atoms with van der Waals surface area (Å²) < 4.78 is 0. The van der Waals surface area contributed by atoms with Gasteiger partial charge in [-0.2, -0.15) is 0 Å². The van der Waals surface area contributed by atoms with Crippen LogP contribution in [0, 0.1) is 12.3 Å². The van der Waals surface area contributed by atoms with E-state index in [1.807, 2.05) is 56.9 Å². The molecule has 1 aromatic carbocycles. The first-order valence-corrected chi connectivity index (χ1v) is 8.85. The second-order valence-corrected chi connectivity index (χ2v) is 7.91. The third kappa shape index (κ3) is 5.46. The van der Waals surface area contributed by atoms with Gasteiger partial charge in [-0.25, -0.2) is 4.79 Å². The first-order chi connectivity index (χ1) is 11.7. The number of urea groups is 1. The number of rotatable bonds is 3. The van der Waals surface area contributed by atoms with Crippen LogP contribution < -0.4 is 16.4 Å². The van der Waals surface area contributed by atoms with Crippen molar-refractivity contribution in [1.82, 2.24) is 10.2 Å². The van der Waals surface area contributed by atoms with Crippen molar-refractivity contribution in [3.8, 4) is 0 Å². The van der Waals surface area contributed by atoms with E-state index in [2.05, 4.69) is 10.6 Å². The third-order valence-electron chi connectivity index (χ3n) is 4.65. The molecule has 1 aliphatic heterocycles. The Morgan fingerprint density at radius 2 is 1.72 bits per heavy atom. The SMILES string of the molecule is Cc1ccc(NC(=O)NC2CCN(C(=O)[C@@H](N)C(C)(C)C)CC2)cc1. The minimum Gasteiger partial charge on any atom is -0.341 e. The molecule has 1 aliphatic rings. The summed E-state index contributed by atoms with van der Waals surface area (Å²) in [5.74, 6) is -0.00458. The van der Waals surface area contributed by atoms with Crippen molar-refractivity contribution in [3.63, 3.8) is 0 Å². The van der Waals surface area contributed by atoms with Crippen molar-refractivity contribution in [2.45, 2.75) is 52.6 Å². The number of carbonyl (C=O) groups is 2. The molecule has 0 saturated carbocycles. The van der Waals surface area contributed by atoms with Gasteiger partial charge in [-0.05, 0) is 37.3 Å². The number of nitrogens with two attached hydrogens (primary N) is 1. The first kappa shape index (κ1) is 19.2. The monoisotopic (exact) mass is 346 g/mol. The Hall–Kier alpha value is -2.08. The average Bonchev–Trinajstić information content (AvgIpc) is 2.55. The molecule has 25 heavy (non-hydrogen) atoms. The normalized spacial score (nSPS) is 17.1. The van der Waals surface area contributed by atoms with Gasteiger partial charge in [0, 0.05) is 24.8 Å². The number of nitrogens with one attached hydrogen (secondary N) is 2. The van der Waals surface area contributed by atoms with Crippen LogP contribution in [0.2, 0.25) is 0 Å². The summed E-state index contributed by atoms with van der Waals surface area (Å²) in [5.41, 5.74) is 7.74. The number of piperidine rings is 1. The number of hydrogen-bond donors (Lipinski definition) is 3. The molecular weight excluding hydrogens is 316 g/mol. The van der Waals surface area contributed by atoms with Gasteiger partial charge in [0.2, 0.25) is 5.91 Å². The number of likely N-dealkylation sites (tertiary alicyclic amines) is 1. The molecule has 1 heterocycles. The van der Waals surface area contributed by atoms with Gasteiger partial charge in [0.15, 0.2) is 0 Å². The fourth-order valence-electron chi connectivity index (χ4n) is 2.80. The summed E-state index contributed by atoms with van der Waals surface area (Å²) >= 11 is 0. The van der Waals surface area contributed by atoms with Gasteiger partial charge >= 0.3 is 6.03 Å². The predicted molar refractivity (Wildman–Crippen MR) is 100 cm³/mol. The van der Waals surface area contributed by atoms with Gasteiger partial charge in [0.05, 0.1) is 6.04 Å². The second kappa shape index (κ2) is 7.87. The number of carbonyl (C=O) groups excluding carboxylic acids is 2. The lowest BCUT2D eigenvalue weighted by Crippen LogP contribution is -2.54. The molecule has 0 radical (unpaired) electrons. The zero-order valence-electron chi connectivity index (χ0n) is 15.6. The number of aryl methyl sites for hydroxylation is 1. The third-order valence-corrected chi connectivity index (χ3v) is 4.65. The highest BCUT2D eigenvalue weighted by atomic mass is 16.2. The van der Waals surface area contributed by atoms with E-state index in [4.69, 9.17) is 5.73 Å². The van der Waals surface area contributed by atoms with Gasteiger partial charge in [0.25, 0.3) is 0 Å². The molecule has 2 rings (SSSR count). The first-order valence-electron chi connectivity index (χ1n) is 8.85. The van der Waals surface area contributed by atoms with E-state index < -0.39 is 6.04 Å². The van der Waals surface area contributed by atoms with Crippen molar-refractivity contribution in [2.24, 2.45) is 11.1 Å². The number of benzene rings is 1. The lowest BCUT2D eigenvalue weighted by atomic mass is 9.86. The van der Waals surface area contributed by atoms with Gasteiger partial charge in [0.1, 0.15) is 0 Å². The minimum absolute atomic E-state index is 0.00458. The Morgan fingerprint density at radius 1 is 1.16 bits per heavy atom. The quantitative estimate of drug-likeness (QED) is 0.786. The lowest BCUT2D eigenvalue weighted by molar-refractivity contribution is -0.136. The van der Waals surface area contributed by atoms with Crippen LogP contribution in [0.25, 0.3) is 0 Å². The van der Waals surface area contributed by atoms with Crippen LogP contribution in [0.5, 0.6) is 0 Å². The zero-order chi connectivity index (χ0) is 18.6. The van der Waals surface area contributed by atoms with Crippen molar-refractivity contribution >= 4 is 17.6 Å². The van der Waals surface area contributed by atoms with Crippen LogP contribution in [-0.2, 0) is 4.79 Å². The number of nitrogens with zero attached hydrogens (tertiary/aromatic N) is 1. The molecule has 0 aromatic heterocycles. The molecule has 0 bridgehead atoms. The summed E-state index contributed by atoms with van der Waals surface area (Å²) in [6.07, 6.45) is 1.48. The maximum Gasteiger partial charge on any atom is 0.319 e. The van der Waals surface area contributed by atoms with Crippen LogP contribution in [0.1, 0.15) is 39.2 Å². The summed E-state index contributed by atoms with van der Waals surface area (Å²) in [6, 6.07) is 7.03. The van der Waals surface area contributed by atoms with Crippen LogP contribution in [0.4, 0.5) is 10.5 Å². The van der Waals surface area contributed by atoms with Crippen LogP contribution >= 0.6 is 0 Å². The zero-order valence-corrected chi connectivity index (χ0v) is 15.6. The van der Waals surface area contributed by atoms with Crippen molar-refractivity contribution < 1.29 is 9.59 Å². The smallest absolute Gasteiger partial charge is 0.319 e. The highest BCUT2D eigenvalue weighted by Crippen LogP contribution is 2.21. The molecule has 6 heteroatoms. The van der Waals surface area contributed by atoms with E-state index in [9.17, 15) is 9.59 Å². The lowest BCUT2D eigenvalue weighted by Gasteiger charge is -2.36. The number of anilines is 1. The van der Waals surface area contributed by atoms with E-state index in [1.54, 1.807) is 0 Å². The summed E-state index contributed by atoms with van der Waals surface area (Å²) in [7, 11) is 0. The standard InChI is InChI=1S/C19H30N4O2/c1-13-5-7-14(8-6-13)21-18(25)22-15-9-11-23(12-10-15)17(24)16(20)19(2,3)4/h5-8,15-16H,9-12,20H2,1-4H3,(H2,21,22,25)/t16-/m1/s1. The minimum atomic E-state index is -0.498. The molecule has 0 spiro atoms. The van der Waals surface area contributed by atoms with Crippen LogP contribution in [-0.4, -0.2) is 42.0 Å². The van der Waals surface area contributed by atoms with E-state index in [-0.39, 0.29) is 23.4 Å². The molecule has 1 saturated heterocycles. The van der Waals surface area contributed by atoms with E-state index in [1.165, 1.54) is 0 Å². The maximum absolute atomic E-state index is 12.4. The second-order valence-electron chi connectivity index (χ2n) is 7.91. The predicted octanol–water partition coefficient (Wildman–Crippen LogP) is 2.48. The van der Waals surface area contributed by atoms with Gasteiger partial charge in [-0.3, -0.25) is 4.79 Å². The largest absolute Gasteiger partial charge is 0.341 e. The Labute approximate surface area is 150 Å². The molecule has 3 amide bonds. The number of hydrogen-bond acceptors (Lipinski definition) is 3. The summed E-state index contributed by atoms with van der Waals surface area (Å²) in [4.78, 5) is 26.4. The van der Waals surface area contributed by atoms with E-state index in [0.29, 0.717) is 13.1 Å². The van der Waals surface area contributed by atoms with E-state index >= 15 is 0 Å². The molecular formula is C19H30N4O2. The van der Waals surface area contributed by atoms with Gasteiger partial charge in [-0.1, -0.05) is 38.5 Å². The molecule has 0 aliphatic carbocycles. The Morgan fingerprint density at radius 3 is 2.24 bits per heavy atom. The Kier molecular flexibility index (Phi) is 6.06. The van der Waals surface area contributed by atoms with E-state index in [0.717, 1.165) is 24.1 Å². The fraction of sp³-hybridized carbons (Fsp3) is 0.579. The molecule has 1 aromatic rings. The molecule has 138 valence electrons. The van der Waals surface area contributed by atoms with Gasteiger partial charge < -0.3 is 21.3 Å². The summed E-state index contributed by atoms with van der Waals surface area (Å²) in [5, 5.41) is 5.82. The molecule has 4 N–H and O–H groups in total. The van der Waals surface area contributed by atoms with Gasteiger partial charge in [-0.15, -0.1) is 0 Å². The molecule has 6 nitrogen and oxygen atoms in total.